The Morgan fingerprint density at radius 2 is 1.95 bits per heavy atom. The molecular formula is C16H20ClNO3. The van der Waals surface area contributed by atoms with E-state index in [0.29, 0.717) is 5.02 Å². The molecule has 1 fully saturated rings. The Hall–Kier alpha value is -1.55. The van der Waals surface area contributed by atoms with Gasteiger partial charge in [0.2, 0.25) is 5.91 Å². The van der Waals surface area contributed by atoms with Crippen molar-refractivity contribution in [3.8, 4) is 0 Å². The second kappa shape index (κ2) is 5.34. The largest absolute Gasteiger partial charge is 0.481 e. The van der Waals surface area contributed by atoms with Crippen molar-refractivity contribution in [1.29, 1.82) is 0 Å². The molecule has 2 rings (SSSR count). The number of carboxylic acid groups (broad SMARTS) is 1. The van der Waals surface area contributed by atoms with Gasteiger partial charge in [0, 0.05) is 12.1 Å². The van der Waals surface area contributed by atoms with Gasteiger partial charge in [-0.1, -0.05) is 37.6 Å². The van der Waals surface area contributed by atoms with Crippen LogP contribution in [0, 0.1) is 17.3 Å². The molecule has 114 valence electrons. The SMILES string of the molecule is CC(c1cccc(Cl)c1)N(C)C(=O)C1C(C(=O)O)C1(C)C. The van der Waals surface area contributed by atoms with E-state index in [4.69, 9.17) is 11.6 Å². The summed E-state index contributed by atoms with van der Waals surface area (Å²) in [5.74, 6) is -2.08. The van der Waals surface area contributed by atoms with Crippen LogP contribution in [0.25, 0.3) is 0 Å². The number of carbonyl (C=O) groups excluding carboxylic acids is 1. The third-order valence-electron chi connectivity index (χ3n) is 4.62. The summed E-state index contributed by atoms with van der Waals surface area (Å²) in [5, 5.41) is 9.81. The van der Waals surface area contributed by atoms with E-state index in [-0.39, 0.29) is 11.9 Å². The second-order valence-corrected chi connectivity index (χ2v) is 6.73. The molecular weight excluding hydrogens is 290 g/mol. The molecule has 3 unspecified atom stereocenters. The van der Waals surface area contributed by atoms with Gasteiger partial charge in [0.25, 0.3) is 0 Å². The zero-order valence-electron chi connectivity index (χ0n) is 12.6. The number of amides is 1. The highest BCUT2D eigenvalue weighted by Crippen LogP contribution is 2.59. The van der Waals surface area contributed by atoms with Crippen LogP contribution in [0.2, 0.25) is 5.02 Å². The molecule has 0 spiro atoms. The molecule has 5 heteroatoms. The van der Waals surface area contributed by atoms with Gasteiger partial charge in [-0.2, -0.15) is 0 Å². The van der Waals surface area contributed by atoms with Crippen LogP contribution >= 0.6 is 11.6 Å². The van der Waals surface area contributed by atoms with Crippen molar-refractivity contribution >= 4 is 23.5 Å². The number of carboxylic acids is 1. The average molecular weight is 310 g/mol. The number of aliphatic carboxylic acids is 1. The van der Waals surface area contributed by atoms with E-state index in [9.17, 15) is 14.7 Å². The predicted molar refractivity (Wildman–Crippen MR) is 81.0 cm³/mol. The topological polar surface area (TPSA) is 57.6 Å². The lowest BCUT2D eigenvalue weighted by Gasteiger charge is -2.26. The maximum Gasteiger partial charge on any atom is 0.307 e. The quantitative estimate of drug-likeness (QED) is 0.929. The van der Waals surface area contributed by atoms with E-state index in [1.54, 1.807) is 18.0 Å². The molecule has 0 radical (unpaired) electrons. The monoisotopic (exact) mass is 309 g/mol. The van der Waals surface area contributed by atoms with Gasteiger partial charge in [0.05, 0.1) is 17.9 Å². The summed E-state index contributed by atoms with van der Waals surface area (Å²) in [6.07, 6.45) is 0. The van der Waals surface area contributed by atoms with E-state index >= 15 is 0 Å². The van der Waals surface area contributed by atoms with Gasteiger partial charge in [-0.15, -0.1) is 0 Å². The van der Waals surface area contributed by atoms with Gasteiger partial charge < -0.3 is 10.0 Å². The normalized spacial score (nSPS) is 24.2. The van der Waals surface area contributed by atoms with Crippen molar-refractivity contribution in [2.24, 2.45) is 17.3 Å². The van der Waals surface area contributed by atoms with Gasteiger partial charge in [-0.05, 0) is 30.0 Å². The Balaban J connectivity index is 2.15. The molecule has 3 atom stereocenters. The van der Waals surface area contributed by atoms with Gasteiger partial charge in [0.15, 0.2) is 0 Å². The van der Waals surface area contributed by atoms with Crippen LogP contribution in [0.15, 0.2) is 24.3 Å². The summed E-state index contributed by atoms with van der Waals surface area (Å²) in [7, 11) is 1.71. The van der Waals surface area contributed by atoms with Crippen molar-refractivity contribution in [3.63, 3.8) is 0 Å². The maximum absolute atomic E-state index is 12.6. The Kier molecular flexibility index (Phi) is 4.02. The molecule has 21 heavy (non-hydrogen) atoms. The van der Waals surface area contributed by atoms with Crippen LogP contribution in [0.3, 0.4) is 0 Å². The van der Waals surface area contributed by atoms with Crippen LogP contribution in [-0.4, -0.2) is 28.9 Å². The maximum atomic E-state index is 12.6. The van der Waals surface area contributed by atoms with E-state index < -0.39 is 23.2 Å². The van der Waals surface area contributed by atoms with E-state index in [1.807, 2.05) is 39.0 Å². The molecule has 0 bridgehead atoms. The fraction of sp³-hybridized carbons (Fsp3) is 0.500. The average Bonchev–Trinajstić information content (AvgIpc) is 2.99. The van der Waals surface area contributed by atoms with E-state index in [2.05, 4.69) is 0 Å². The van der Waals surface area contributed by atoms with Crippen LogP contribution < -0.4 is 0 Å². The number of hydrogen-bond donors (Lipinski definition) is 1. The molecule has 1 amide bonds. The lowest BCUT2D eigenvalue weighted by Crippen LogP contribution is -2.32. The van der Waals surface area contributed by atoms with Crippen molar-refractivity contribution in [1.82, 2.24) is 4.90 Å². The molecule has 1 aliphatic carbocycles. The molecule has 0 aliphatic heterocycles. The van der Waals surface area contributed by atoms with Gasteiger partial charge in [-0.25, -0.2) is 0 Å². The minimum absolute atomic E-state index is 0.125. The number of benzene rings is 1. The van der Waals surface area contributed by atoms with Crippen molar-refractivity contribution < 1.29 is 14.7 Å². The number of halogens is 1. The van der Waals surface area contributed by atoms with Crippen LogP contribution in [0.5, 0.6) is 0 Å². The summed E-state index contributed by atoms with van der Waals surface area (Å²) < 4.78 is 0. The number of carbonyl (C=O) groups is 2. The highest BCUT2D eigenvalue weighted by atomic mass is 35.5. The zero-order valence-corrected chi connectivity index (χ0v) is 13.4. The number of hydrogen-bond acceptors (Lipinski definition) is 2. The Morgan fingerprint density at radius 1 is 1.33 bits per heavy atom. The molecule has 0 saturated heterocycles. The molecule has 1 aromatic carbocycles. The smallest absolute Gasteiger partial charge is 0.307 e. The molecule has 1 aromatic rings. The van der Waals surface area contributed by atoms with Crippen molar-refractivity contribution in [3.05, 3.63) is 34.9 Å². The fourth-order valence-corrected chi connectivity index (χ4v) is 3.16. The summed E-state index contributed by atoms with van der Waals surface area (Å²) in [6, 6.07) is 7.20. The first-order valence-electron chi connectivity index (χ1n) is 6.93. The second-order valence-electron chi connectivity index (χ2n) is 6.30. The number of nitrogens with zero attached hydrogens (tertiary/aromatic N) is 1. The lowest BCUT2D eigenvalue weighted by atomic mass is 10.1. The zero-order chi connectivity index (χ0) is 15.9. The first-order chi connectivity index (χ1) is 9.67. The molecule has 0 aromatic heterocycles. The van der Waals surface area contributed by atoms with Crippen molar-refractivity contribution in [2.45, 2.75) is 26.8 Å². The Bertz CT molecular complexity index is 585. The van der Waals surface area contributed by atoms with Gasteiger partial charge >= 0.3 is 5.97 Å². The van der Waals surface area contributed by atoms with Gasteiger partial charge in [-0.3, -0.25) is 9.59 Å². The first-order valence-corrected chi connectivity index (χ1v) is 7.30. The summed E-state index contributed by atoms with van der Waals surface area (Å²) in [4.78, 5) is 25.4. The molecule has 1 N–H and O–H groups in total. The summed E-state index contributed by atoms with van der Waals surface area (Å²) in [6.45, 7) is 5.56. The first kappa shape index (κ1) is 15.8. The molecule has 0 heterocycles. The van der Waals surface area contributed by atoms with E-state index in [1.165, 1.54) is 0 Å². The Labute approximate surface area is 129 Å². The van der Waals surface area contributed by atoms with Crippen LogP contribution in [0.4, 0.5) is 0 Å². The third kappa shape index (κ3) is 2.77. The lowest BCUT2D eigenvalue weighted by molar-refractivity contribution is -0.142. The summed E-state index contributed by atoms with van der Waals surface area (Å²) in [5.41, 5.74) is 0.453. The summed E-state index contributed by atoms with van der Waals surface area (Å²) >= 11 is 5.98. The number of rotatable bonds is 4. The van der Waals surface area contributed by atoms with Crippen LogP contribution in [-0.2, 0) is 9.59 Å². The standard InChI is InChI=1S/C16H20ClNO3/c1-9(10-6-5-7-11(17)8-10)18(4)14(19)12-13(15(20)21)16(12,2)3/h5-9,12-13H,1-4H3,(H,20,21). The highest BCUT2D eigenvalue weighted by Gasteiger charge is 2.66. The minimum atomic E-state index is -0.901. The predicted octanol–water partition coefficient (Wildman–Crippen LogP) is 3.22. The third-order valence-corrected chi connectivity index (χ3v) is 4.85. The van der Waals surface area contributed by atoms with Gasteiger partial charge in [0.1, 0.15) is 0 Å². The fourth-order valence-electron chi connectivity index (χ4n) is 2.96. The molecule has 4 nitrogen and oxygen atoms in total. The van der Waals surface area contributed by atoms with E-state index in [0.717, 1.165) is 5.56 Å². The highest BCUT2D eigenvalue weighted by molar-refractivity contribution is 6.30. The molecule has 1 aliphatic rings. The minimum Gasteiger partial charge on any atom is -0.481 e. The van der Waals surface area contributed by atoms with Crippen molar-refractivity contribution in [2.75, 3.05) is 7.05 Å². The van der Waals surface area contributed by atoms with Crippen LogP contribution in [0.1, 0.15) is 32.4 Å². The Morgan fingerprint density at radius 3 is 2.43 bits per heavy atom. The molecule has 1 saturated carbocycles.